The van der Waals surface area contributed by atoms with Gasteiger partial charge in [-0.3, -0.25) is 4.79 Å². The van der Waals surface area contributed by atoms with Crippen LogP contribution in [0, 0.1) is 16.7 Å². The van der Waals surface area contributed by atoms with Crippen LogP contribution in [0.3, 0.4) is 0 Å². The van der Waals surface area contributed by atoms with Gasteiger partial charge in [0.1, 0.15) is 5.60 Å². The SMILES string of the molecule is COC(=O)C1(C#N)CC2CCC(C1)N2C(=O)OC(C)(C)C. The zero-order valence-corrected chi connectivity index (χ0v) is 13.0. The van der Waals surface area contributed by atoms with Crippen LogP contribution in [0.25, 0.3) is 0 Å². The van der Waals surface area contributed by atoms with Gasteiger partial charge in [-0.2, -0.15) is 5.26 Å². The molecule has 0 radical (unpaired) electrons. The molecule has 2 unspecified atom stereocenters. The van der Waals surface area contributed by atoms with Crippen molar-refractivity contribution in [2.45, 2.75) is 64.1 Å². The minimum absolute atomic E-state index is 0.127. The van der Waals surface area contributed by atoms with Gasteiger partial charge in [-0.15, -0.1) is 0 Å². The van der Waals surface area contributed by atoms with Crippen LogP contribution in [0.2, 0.25) is 0 Å². The molecule has 0 aromatic heterocycles. The van der Waals surface area contributed by atoms with Crippen molar-refractivity contribution < 1.29 is 19.1 Å². The lowest BCUT2D eigenvalue weighted by molar-refractivity contribution is -0.153. The maximum atomic E-state index is 12.3. The molecule has 2 fully saturated rings. The smallest absolute Gasteiger partial charge is 0.410 e. The van der Waals surface area contributed by atoms with E-state index in [0.29, 0.717) is 12.8 Å². The first-order chi connectivity index (χ1) is 9.72. The highest BCUT2D eigenvalue weighted by Gasteiger charge is 2.55. The van der Waals surface area contributed by atoms with E-state index in [0.717, 1.165) is 12.8 Å². The second kappa shape index (κ2) is 5.21. The molecule has 0 aromatic carbocycles. The highest BCUT2D eigenvalue weighted by Crippen LogP contribution is 2.46. The third kappa shape index (κ3) is 2.82. The molecule has 0 spiro atoms. The summed E-state index contributed by atoms with van der Waals surface area (Å²) in [4.78, 5) is 26.0. The normalized spacial score (nSPS) is 31.5. The number of nitriles is 1. The fraction of sp³-hybridized carbons (Fsp3) is 0.800. The molecule has 116 valence electrons. The van der Waals surface area contributed by atoms with E-state index in [1.54, 1.807) is 4.90 Å². The third-order valence-corrected chi connectivity index (χ3v) is 4.18. The molecular formula is C15H22N2O4. The van der Waals surface area contributed by atoms with Crippen molar-refractivity contribution in [3.8, 4) is 6.07 Å². The third-order valence-electron chi connectivity index (χ3n) is 4.18. The van der Waals surface area contributed by atoms with E-state index in [-0.39, 0.29) is 18.2 Å². The lowest BCUT2D eigenvalue weighted by atomic mass is 9.76. The molecule has 2 aliphatic rings. The van der Waals surface area contributed by atoms with Gasteiger partial charge in [-0.05, 0) is 46.5 Å². The van der Waals surface area contributed by atoms with Gasteiger partial charge in [0.25, 0.3) is 0 Å². The Labute approximate surface area is 125 Å². The van der Waals surface area contributed by atoms with Crippen LogP contribution >= 0.6 is 0 Å². The number of amides is 1. The standard InChI is InChI=1S/C15H22N2O4/c1-14(2,3)21-13(19)17-10-5-6-11(17)8-15(7-10,9-16)12(18)20-4/h10-11H,5-8H2,1-4H3. The maximum absolute atomic E-state index is 12.3. The number of rotatable bonds is 1. The van der Waals surface area contributed by atoms with Crippen molar-refractivity contribution in [1.29, 1.82) is 5.26 Å². The van der Waals surface area contributed by atoms with Crippen LogP contribution in [0.4, 0.5) is 4.79 Å². The second-order valence-corrected chi connectivity index (χ2v) is 6.87. The van der Waals surface area contributed by atoms with E-state index in [4.69, 9.17) is 9.47 Å². The molecule has 6 heteroatoms. The van der Waals surface area contributed by atoms with Gasteiger partial charge < -0.3 is 14.4 Å². The van der Waals surface area contributed by atoms with Crippen molar-refractivity contribution in [3.63, 3.8) is 0 Å². The maximum Gasteiger partial charge on any atom is 0.410 e. The lowest BCUT2D eigenvalue weighted by Crippen LogP contribution is -2.53. The number of nitrogens with zero attached hydrogens (tertiary/aromatic N) is 2. The molecule has 0 saturated carbocycles. The molecular weight excluding hydrogens is 272 g/mol. The fourth-order valence-corrected chi connectivity index (χ4v) is 3.36. The Balaban J connectivity index is 2.18. The van der Waals surface area contributed by atoms with Gasteiger partial charge in [-0.1, -0.05) is 0 Å². The van der Waals surface area contributed by atoms with E-state index in [2.05, 4.69) is 6.07 Å². The second-order valence-electron chi connectivity index (χ2n) is 6.87. The Kier molecular flexibility index (Phi) is 3.87. The molecule has 6 nitrogen and oxygen atoms in total. The molecule has 2 atom stereocenters. The molecule has 2 heterocycles. The first kappa shape index (κ1) is 15.6. The van der Waals surface area contributed by atoms with Crippen LogP contribution in [0.15, 0.2) is 0 Å². The predicted octanol–water partition coefficient (Wildman–Crippen LogP) is 2.23. The summed E-state index contributed by atoms with van der Waals surface area (Å²) < 4.78 is 10.2. The number of methoxy groups -OCH3 is 1. The van der Waals surface area contributed by atoms with Gasteiger partial charge in [0.15, 0.2) is 5.41 Å². The first-order valence-electron chi connectivity index (χ1n) is 7.23. The molecule has 0 aliphatic carbocycles. The zero-order valence-electron chi connectivity index (χ0n) is 13.0. The van der Waals surface area contributed by atoms with Gasteiger partial charge >= 0.3 is 12.1 Å². The average molecular weight is 294 g/mol. The summed E-state index contributed by atoms with van der Waals surface area (Å²) in [6, 6.07) is 1.87. The molecule has 2 aliphatic heterocycles. The van der Waals surface area contributed by atoms with Gasteiger partial charge in [0, 0.05) is 12.1 Å². The van der Waals surface area contributed by atoms with E-state index in [1.807, 2.05) is 20.8 Å². The summed E-state index contributed by atoms with van der Waals surface area (Å²) in [5.74, 6) is -0.495. The van der Waals surface area contributed by atoms with Crippen LogP contribution in [0.1, 0.15) is 46.5 Å². The average Bonchev–Trinajstić information content (AvgIpc) is 2.67. The number of carbonyl (C=O) groups excluding carboxylic acids is 2. The van der Waals surface area contributed by atoms with Crippen LogP contribution in [0.5, 0.6) is 0 Å². The largest absolute Gasteiger partial charge is 0.468 e. The molecule has 0 aromatic rings. The number of hydrogen-bond acceptors (Lipinski definition) is 5. The molecule has 2 bridgehead atoms. The summed E-state index contributed by atoms with van der Waals surface area (Å²) in [6.07, 6.45) is 1.89. The van der Waals surface area contributed by atoms with Crippen molar-refractivity contribution in [2.24, 2.45) is 5.41 Å². The number of fused-ring (bicyclic) bond motifs is 2. The Morgan fingerprint density at radius 1 is 1.24 bits per heavy atom. The molecule has 21 heavy (non-hydrogen) atoms. The van der Waals surface area contributed by atoms with Crippen LogP contribution < -0.4 is 0 Å². The monoisotopic (exact) mass is 294 g/mol. The van der Waals surface area contributed by atoms with Crippen molar-refractivity contribution >= 4 is 12.1 Å². The number of hydrogen-bond donors (Lipinski definition) is 0. The van der Waals surface area contributed by atoms with E-state index < -0.39 is 17.0 Å². The summed E-state index contributed by atoms with van der Waals surface area (Å²) in [5, 5.41) is 9.43. The number of ether oxygens (including phenoxy) is 2. The zero-order chi connectivity index (χ0) is 15.8. The fourth-order valence-electron chi connectivity index (χ4n) is 3.36. The Hall–Kier alpha value is -1.77. The van der Waals surface area contributed by atoms with Gasteiger partial charge in [0.05, 0.1) is 13.2 Å². The Morgan fingerprint density at radius 2 is 1.76 bits per heavy atom. The number of piperidine rings is 1. The Bertz CT molecular complexity index is 475. The first-order valence-corrected chi connectivity index (χ1v) is 7.23. The summed E-state index contributed by atoms with van der Waals surface area (Å²) in [5.41, 5.74) is -1.68. The van der Waals surface area contributed by atoms with Gasteiger partial charge in [0.2, 0.25) is 0 Å². The molecule has 1 amide bonds. The minimum Gasteiger partial charge on any atom is -0.468 e. The lowest BCUT2D eigenvalue weighted by Gasteiger charge is -2.41. The number of carbonyl (C=O) groups is 2. The van der Waals surface area contributed by atoms with Crippen molar-refractivity contribution in [3.05, 3.63) is 0 Å². The van der Waals surface area contributed by atoms with Crippen molar-refractivity contribution in [1.82, 2.24) is 4.90 Å². The summed E-state index contributed by atoms with van der Waals surface area (Å²) >= 11 is 0. The van der Waals surface area contributed by atoms with E-state index >= 15 is 0 Å². The van der Waals surface area contributed by atoms with Crippen LogP contribution in [-0.2, 0) is 14.3 Å². The van der Waals surface area contributed by atoms with Gasteiger partial charge in [-0.25, -0.2) is 4.79 Å². The topological polar surface area (TPSA) is 79.6 Å². The van der Waals surface area contributed by atoms with E-state index in [9.17, 15) is 14.9 Å². The van der Waals surface area contributed by atoms with E-state index in [1.165, 1.54) is 7.11 Å². The molecule has 2 saturated heterocycles. The highest BCUT2D eigenvalue weighted by atomic mass is 16.6. The summed E-state index contributed by atoms with van der Waals surface area (Å²) in [7, 11) is 1.30. The van der Waals surface area contributed by atoms with Crippen LogP contribution in [-0.4, -0.2) is 41.8 Å². The predicted molar refractivity (Wildman–Crippen MR) is 74.2 cm³/mol. The Morgan fingerprint density at radius 3 is 2.14 bits per heavy atom. The molecule has 0 N–H and O–H groups in total. The highest BCUT2D eigenvalue weighted by molar-refractivity contribution is 5.81. The molecule has 2 rings (SSSR count). The number of esters is 1. The minimum atomic E-state index is -1.13. The quantitative estimate of drug-likeness (QED) is 0.693. The van der Waals surface area contributed by atoms with Crippen molar-refractivity contribution in [2.75, 3.05) is 7.11 Å². The summed E-state index contributed by atoms with van der Waals surface area (Å²) in [6.45, 7) is 5.47.